The summed E-state index contributed by atoms with van der Waals surface area (Å²) in [6.07, 6.45) is 4.91. The molecule has 6 heteroatoms. The Morgan fingerprint density at radius 2 is 2.07 bits per heavy atom. The lowest BCUT2D eigenvalue weighted by atomic mass is 9.62. The van der Waals surface area contributed by atoms with E-state index in [9.17, 15) is 4.79 Å². The highest BCUT2D eigenvalue weighted by molar-refractivity contribution is 7.18. The number of benzene rings is 1. The Kier molecular flexibility index (Phi) is 4.62. The number of amides is 1. The molecule has 1 saturated carbocycles. The maximum Gasteiger partial charge on any atom is 0.410 e. The number of ether oxygens (including phenoxy) is 1. The molecule has 2 aromatic rings. The molecule has 1 aliphatic carbocycles. The van der Waals surface area contributed by atoms with Crippen molar-refractivity contribution >= 4 is 22.6 Å². The topological polar surface area (TPSA) is 54.5 Å². The van der Waals surface area contributed by atoms with Gasteiger partial charge in [-0.2, -0.15) is 0 Å². The van der Waals surface area contributed by atoms with Crippen molar-refractivity contribution in [1.82, 2.24) is 9.88 Å². The van der Waals surface area contributed by atoms with Gasteiger partial charge in [0.1, 0.15) is 5.60 Å². The van der Waals surface area contributed by atoms with Gasteiger partial charge in [0.15, 0.2) is 5.13 Å². The minimum atomic E-state index is -0.466. The summed E-state index contributed by atoms with van der Waals surface area (Å²) in [4.78, 5) is 20.3. The van der Waals surface area contributed by atoms with Gasteiger partial charge in [-0.1, -0.05) is 41.7 Å². The van der Waals surface area contributed by atoms with E-state index in [1.54, 1.807) is 11.3 Å². The number of nitrogens with zero attached hydrogens (tertiary/aromatic N) is 2. The Morgan fingerprint density at radius 1 is 1.33 bits per heavy atom. The standard InChI is InChI=1S/C21H27N3O2S/c1-20(2,3)26-19(25)24-10-9-15-11-21(24,12-15)14-23-18-22-13-17(27-18)16-7-5-4-6-8-16/h4-8,13,15H,9-12,14H2,1-3H3,(H,22,23). The summed E-state index contributed by atoms with van der Waals surface area (Å²) in [5.41, 5.74) is 0.578. The van der Waals surface area contributed by atoms with Gasteiger partial charge >= 0.3 is 6.09 Å². The molecule has 3 aliphatic rings. The van der Waals surface area contributed by atoms with E-state index in [0.717, 1.165) is 48.3 Å². The highest BCUT2D eigenvalue weighted by Crippen LogP contribution is 2.49. The number of piperidine rings is 2. The van der Waals surface area contributed by atoms with Gasteiger partial charge in [-0.15, -0.1) is 0 Å². The van der Waals surface area contributed by atoms with E-state index in [4.69, 9.17) is 4.74 Å². The lowest BCUT2D eigenvalue weighted by Gasteiger charge is -2.58. The maximum atomic E-state index is 12.7. The molecule has 2 aliphatic heterocycles. The first kappa shape index (κ1) is 18.3. The molecule has 144 valence electrons. The first-order valence-electron chi connectivity index (χ1n) is 9.60. The molecule has 0 unspecified atom stereocenters. The molecule has 3 fully saturated rings. The lowest BCUT2D eigenvalue weighted by Crippen LogP contribution is -2.67. The summed E-state index contributed by atoms with van der Waals surface area (Å²) in [5.74, 6) is 0.738. The van der Waals surface area contributed by atoms with Crippen LogP contribution in [0.3, 0.4) is 0 Å². The van der Waals surface area contributed by atoms with E-state index >= 15 is 0 Å². The fourth-order valence-corrected chi connectivity index (χ4v) is 4.98. The van der Waals surface area contributed by atoms with Crippen LogP contribution in [0.25, 0.3) is 10.4 Å². The van der Waals surface area contributed by atoms with Gasteiger partial charge in [-0.05, 0) is 51.5 Å². The molecular formula is C21H27N3O2S. The van der Waals surface area contributed by atoms with Crippen molar-refractivity contribution in [3.05, 3.63) is 36.5 Å². The number of aromatic nitrogens is 1. The van der Waals surface area contributed by atoms with Gasteiger partial charge in [0.2, 0.25) is 0 Å². The van der Waals surface area contributed by atoms with Crippen LogP contribution in [0.15, 0.2) is 36.5 Å². The fraction of sp³-hybridized carbons (Fsp3) is 0.524. The van der Waals surface area contributed by atoms with Crippen LogP contribution < -0.4 is 5.32 Å². The molecule has 1 aromatic carbocycles. The third-order valence-electron chi connectivity index (χ3n) is 5.42. The molecular weight excluding hydrogens is 358 g/mol. The van der Waals surface area contributed by atoms with E-state index in [2.05, 4.69) is 22.4 Å². The minimum Gasteiger partial charge on any atom is -0.444 e. The van der Waals surface area contributed by atoms with Crippen molar-refractivity contribution in [1.29, 1.82) is 0 Å². The van der Waals surface area contributed by atoms with Gasteiger partial charge in [-0.25, -0.2) is 9.78 Å². The van der Waals surface area contributed by atoms with Gasteiger partial charge in [0, 0.05) is 19.3 Å². The third kappa shape index (κ3) is 3.81. The van der Waals surface area contributed by atoms with Crippen LogP contribution >= 0.6 is 11.3 Å². The minimum absolute atomic E-state index is 0.135. The number of carbonyl (C=O) groups excluding carboxylic acids is 1. The molecule has 3 heterocycles. The highest BCUT2D eigenvalue weighted by Gasteiger charge is 2.54. The van der Waals surface area contributed by atoms with Crippen LogP contribution in [0.2, 0.25) is 0 Å². The summed E-state index contributed by atoms with van der Waals surface area (Å²) in [6, 6.07) is 10.3. The zero-order valence-corrected chi connectivity index (χ0v) is 17.0. The Bertz CT molecular complexity index is 806. The van der Waals surface area contributed by atoms with Crippen molar-refractivity contribution in [2.24, 2.45) is 5.92 Å². The Hall–Kier alpha value is -2.08. The predicted molar refractivity (Wildman–Crippen MR) is 109 cm³/mol. The summed E-state index contributed by atoms with van der Waals surface area (Å²) < 4.78 is 5.66. The van der Waals surface area contributed by atoms with Crippen LogP contribution in [0.4, 0.5) is 9.93 Å². The van der Waals surface area contributed by atoms with E-state index in [1.807, 2.05) is 50.1 Å². The third-order valence-corrected chi connectivity index (χ3v) is 6.42. The number of nitrogens with one attached hydrogen (secondary N) is 1. The molecule has 2 saturated heterocycles. The van der Waals surface area contributed by atoms with Crippen LogP contribution in [0.5, 0.6) is 0 Å². The molecule has 0 radical (unpaired) electrons. The zero-order valence-electron chi connectivity index (χ0n) is 16.2. The van der Waals surface area contributed by atoms with Crippen LogP contribution in [0.1, 0.15) is 40.0 Å². The molecule has 1 N–H and O–H groups in total. The van der Waals surface area contributed by atoms with E-state index in [1.165, 1.54) is 5.56 Å². The molecule has 5 nitrogen and oxygen atoms in total. The average molecular weight is 386 g/mol. The molecule has 0 atom stereocenters. The monoisotopic (exact) mass is 385 g/mol. The Balaban J connectivity index is 1.43. The van der Waals surface area contributed by atoms with Crippen LogP contribution in [-0.4, -0.2) is 40.2 Å². The summed E-state index contributed by atoms with van der Waals surface area (Å²) >= 11 is 1.65. The van der Waals surface area contributed by atoms with Crippen molar-refractivity contribution in [2.75, 3.05) is 18.4 Å². The van der Waals surface area contributed by atoms with Crippen molar-refractivity contribution in [2.45, 2.75) is 51.2 Å². The molecule has 0 spiro atoms. The number of fused-ring (bicyclic) bond motifs is 2. The molecule has 1 amide bonds. The summed E-state index contributed by atoms with van der Waals surface area (Å²) in [6.45, 7) is 7.27. The normalized spacial score (nSPS) is 24.3. The Labute approximate surface area is 164 Å². The first-order valence-corrected chi connectivity index (χ1v) is 10.4. The lowest BCUT2D eigenvalue weighted by molar-refractivity contribution is -0.0750. The Morgan fingerprint density at radius 3 is 2.78 bits per heavy atom. The number of hydrogen-bond donors (Lipinski definition) is 1. The van der Waals surface area contributed by atoms with Gasteiger partial charge in [0.05, 0.1) is 10.4 Å². The largest absolute Gasteiger partial charge is 0.444 e. The average Bonchev–Trinajstić information content (AvgIpc) is 3.07. The van der Waals surface area contributed by atoms with Gasteiger partial charge in [0.25, 0.3) is 0 Å². The highest BCUT2D eigenvalue weighted by atomic mass is 32.1. The second-order valence-electron chi connectivity index (χ2n) is 8.67. The van der Waals surface area contributed by atoms with Crippen molar-refractivity contribution < 1.29 is 9.53 Å². The quantitative estimate of drug-likeness (QED) is 0.804. The SMILES string of the molecule is CC(C)(C)OC(=O)N1CCC2CC1(CNc1ncc(-c3ccccc3)s1)C2. The zero-order chi connectivity index (χ0) is 19.1. The number of carbonyl (C=O) groups is 1. The number of hydrogen-bond acceptors (Lipinski definition) is 5. The first-order chi connectivity index (χ1) is 12.8. The number of anilines is 1. The van der Waals surface area contributed by atoms with Crippen molar-refractivity contribution in [3.63, 3.8) is 0 Å². The predicted octanol–water partition coefficient (Wildman–Crippen LogP) is 5.01. The van der Waals surface area contributed by atoms with E-state index in [0.29, 0.717) is 0 Å². The molecule has 2 bridgehead atoms. The van der Waals surface area contributed by atoms with Crippen LogP contribution in [0, 0.1) is 5.92 Å². The number of rotatable bonds is 4. The van der Waals surface area contributed by atoms with Crippen LogP contribution in [-0.2, 0) is 4.74 Å². The maximum absolute atomic E-state index is 12.7. The van der Waals surface area contributed by atoms with Crippen molar-refractivity contribution in [3.8, 4) is 10.4 Å². The summed E-state index contributed by atoms with van der Waals surface area (Å²) in [7, 11) is 0. The van der Waals surface area contributed by atoms with E-state index < -0.39 is 5.60 Å². The van der Waals surface area contributed by atoms with Gasteiger partial charge in [-0.3, -0.25) is 0 Å². The van der Waals surface area contributed by atoms with E-state index in [-0.39, 0.29) is 11.6 Å². The molecule has 5 rings (SSSR count). The summed E-state index contributed by atoms with van der Waals surface area (Å²) in [5, 5.41) is 4.39. The molecule has 1 aromatic heterocycles. The van der Waals surface area contributed by atoms with Gasteiger partial charge < -0.3 is 15.0 Å². The number of thiazole rings is 1. The second-order valence-corrected chi connectivity index (χ2v) is 9.70. The second kappa shape index (κ2) is 6.82. The smallest absolute Gasteiger partial charge is 0.410 e. The fourth-order valence-electron chi connectivity index (χ4n) is 4.16. The molecule has 27 heavy (non-hydrogen) atoms.